The topological polar surface area (TPSA) is 123 Å². The van der Waals surface area contributed by atoms with Crippen LogP contribution in [0.15, 0.2) is 194 Å². The first-order valence-corrected chi connectivity index (χ1v) is 43.3. The Kier molecular flexibility index (Phi) is 28.8. The Morgan fingerprint density at radius 1 is 0.342 bits per heavy atom. The van der Waals surface area contributed by atoms with Crippen LogP contribution in [0.4, 0.5) is 4.39 Å². The van der Waals surface area contributed by atoms with Crippen molar-refractivity contribution < 1.29 is 33.0 Å². The summed E-state index contributed by atoms with van der Waals surface area (Å²) in [6.07, 6.45) is 6.01. The average Bonchev–Trinajstić information content (AvgIpc) is 1.62. The van der Waals surface area contributed by atoms with Gasteiger partial charge >= 0.3 is 0 Å². The summed E-state index contributed by atoms with van der Waals surface area (Å²) in [4.78, 5) is 61.4. The molecule has 19 heteroatoms. The molecule has 18 nitrogen and oxygen atoms in total. The molecule has 4 aliphatic rings. The highest BCUT2D eigenvalue weighted by molar-refractivity contribution is 6.12. The number of fused-ring (bicyclic) bond motifs is 10. The number of carbonyl (C=O) groups is 3. The van der Waals surface area contributed by atoms with Crippen molar-refractivity contribution in [1.82, 2.24) is 57.8 Å². The van der Waals surface area contributed by atoms with Crippen LogP contribution < -0.4 is 14.2 Å². The van der Waals surface area contributed by atoms with Crippen molar-refractivity contribution in [3.05, 3.63) is 233 Å². The maximum Gasteiger partial charge on any atom is 0.254 e. The van der Waals surface area contributed by atoms with Gasteiger partial charge in [-0.3, -0.25) is 29.1 Å². The van der Waals surface area contributed by atoms with E-state index in [0.717, 1.165) is 253 Å². The largest absolute Gasteiger partial charge is 0.497 e. The monoisotopic (exact) mass is 1580 g/mol. The summed E-state index contributed by atoms with van der Waals surface area (Å²) < 4.78 is 37.0. The maximum absolute atomic E-state index is 13.6. The van der Waals surface area contributed by atoms with E-state index >= 15 is 0 Å². The van der Waals surface area contributed by atoms with E-state index in [1.807, 2.05) is 57.2 Å². The highest BCUT2D eigenvalue weighted by Crippen LogP contribution is 2.36. The minimum atomic E-state index is -0.183. The van der Waals surface area contributed by atoms with Crippen LogP contribution in [0.1, 0.15) is 109 Å². The Morgan fingerprint density at radius 3 is 1.05 bits per heavy atom. The van der Waals surface area contributed by atoms with Crippen LogP contribution in [0.3, 0.4) is 0 Å². The van der Waals surface area contributed by atoms with Crippen LogP contribution in [0.2, 0.25) is 0 Å². The van der Waals surface area contributed by atoms with Crippen LogP contribution in [0.5, 0.6) is 17.2 Å². The number of aromatic nitrogens is 3. The molecule has 0 N–H and O–H groups in total. The molecule has 0 radical (unpaired) electrons. The second-order valence-corrected chi connectivity index (χ2v) is 31.7. The molecule has 0 atom stereocenters. The predicted octanol–water partition coefficient (Wildman–Crippen LogP) is 16.5. The fourth-order valence-corrected chi connectivity index (χ4v) is 17.8. The van der Waals surface area contributed by atoms with Crippen molar-refractivity contribution in [2.24, 2.45) is 0 Å². The van der Waals surface area contributed by atoms with Crippen molar-refractivity contribution >= 4 is 83.1 Å². The number of benzene rings is 9. The number of hydrogen-bond donors (Lipinski definition) is 0. The summed E-state index contributed by atoms with van der Waals surface area (Å²) >= 11 is 0. The number of carbonyl (C=O) groups excluding carboxylic acids is 3. The van der Waals surface area contributed by atoms with E-state index in [-0.39, 0.29) is 23.5 Å². The number of ether oxygens (including phenoxy) is 3. The zero-order chi connectivity index (χ0) is 81.2. The Labute approximate surface area is 691 Å². The molecule has 616 valence electrons. The first kappa shape index (κ1) is 83.4. The SMILES string of the molecule is CCN(CC)CCCn1c2ccccc2c2ccc(C(=O)N3CCN(CCc4ccc5c(c4)OCO5)CC3)cc21.CCN(CC)CCCn1c2ccccc2c2ccc(C(=O)N3CCN(CCc4cccc(F)c4)CC3)cc21.CCN(CC)CCCn1c2ccccc2c2ccc(C(=O)N3CCN(CCc4cccc(OC)c4)CC3)cc21. The number of nitrogens with zero attached hydrogens (tertiary/aromatic N) is 12. The number of amides is 3. The third-order valence-electron chi connectivity index (χ3n) is 24.9. The standard InChI is InChI=1S/C33H40N4O3.C33H42N4O2.C32H39FN4O/c1-3-34(4-2)15-7-16-37-29-9-6-5-8-27(29)28-12-11-26(23-30(28)37)33(38)36-20-18-35(19-21-36)17-14-25-10-13-31-32(22-25)40-24-39-31;1-4-34(5-2)17-9-18-37-31-13-7-6-12-29(31)30-15-14-27(25-32(30)37)33(38)36-22-20-35(21-23-36)19-16-26-10-8-11-28(24-26)39-3;1-3-34(4-2)16-8-17-37-30-12-6-5-11-28(30)29-14-13-26(24-31(29)37)32(38)36-21-19-35(20-22-36)18-15-25-9-7-10-27(33)23-25/h5-6,8-13,22-23H,3-4,7,14-21,24H2,1-2H3;6-8,10-15,24-25H,4-5,9,16-23H2,1-3H3;5-7,9-14,23-24H,3-4,8,15-22H2,1-2H3. The zero-order valence-electron chi connectivity index (χ0n) is 70.2. The highest BCUT2D eigenvalue weighted by atomic mass is 19.1. The van der Waals surface area contributed by atoms with Gasteiger partial charge in [0.05, 0.1) is 7.11 Å². The first-order chi connectivity index (χ1) is 57.3. The number of aryl methyl sites for hydroxylation is 3. The molecule has 0 spiro atoms. The van der Waals surface area contributed by atoms with Gasteiger partial charge in [-0.2, -0.15) is 0 Å². The zero-order valence-corrected chi connectivity index (χ0v) is 70.2. The van der Waals surface area contributed by atoms with Gasteiger partial charge in [0.15, 0.2) is 11.5 Å². The van der Waals surface area contributed by atoms with Crippen LogP contribution in [-0.2, 0) is 38.9 Å². The Balaban J connectivity index is 0.000000145. The fraction of sp³-hybridized carbons (Fsp3) is 0.418. The van der Waals surface area contributed by atoms with Crippen molar-refractivity contribution in [3.8, 4) is 17.2 Å². The van der Waals surface area contributed by atoms with Crippen molar-refractivity contribution in [2.45, 2.75) is 99.7 Å². The van der Waals surface area contributed by atoms with Crippen molar-refractivity contribution in [3.63, 3.8) is 0 Å². The maximum atomic E-state index is 13.6. The van der Waals surface area contributed by atoms with Gasteiger partial charge in [0.1, 0.15) is 11.6 Å². The molecule has 0 bridgehead atoms. The molecule has 0 aliphatic carbocycles. The molecular formula is C98H121FN12O6. The molecule has 3 amide bonds. The van der Waals surface area contributed by atoms with E-state index in [4.69, 9.17) is 14.2 Å². The summed E-state index contributed by atoms with van der Waals surface area (Å²) in [6.45, 7) is 38.8. The van der Waals surface area contributed by atoms with E-state index in [9.17, 15) is 18.8 Å². The molecular weight excluding hydrogens is 1460 g/mol. The number of hydrogen-bond acceptors (Lipinski definition) is 12. The third-order valence-corrected chi connectivity index (χ3v) is 24.9. The summed E-state index contributed by atoms with van der Waals surface area (Å²) in [5, 5.41) is 7.43. The van der Waals surface area contributed by atoms with Crippen molar-refractivity contribution in [1.29, 1.82) is 0 Å². The molecule has 12 aromatic rings. The lowest BCUT2D eigenvalue weighted by molar-refractivity contribution is 0.0632. The Bertz CT molecular complexity index is 5310. The molecule has 3 aromatic heterocycles. The van der Waals surface area contributed by atoms with Gasteiger partial charge in [-0.1, -0.05) is 145 Å². The lowest BCUT2D eigenvalue weighted by Gasteiger charge is -2.34. The van der Waals surface area contributed by atoms with Gasteiger partial charge < -0.3 is 57.3 Å². The van der Waals surface area contributed by atoms with E-state index in [1.165, 1.54) is 71.6 Å². The smallest absolute Gasteiger partial charge is 0.254 e. The van der Waals surface area contributed by atoms with Gasteiger partial charge in [-0.05, 0) is 205 Å². The van der Waals surface area contributed by atoms with Crippen LogP contribution in [0, 0.1) is 5.82 Å². The van der Waals surface area contributed by atoms with E-state index in [2.05, 4.69) is 218 Å². The number of halogens is 1. The lowest BCUT2D eigenvalue weighted by Crippen LogP contribution is -2.49. The van der Waals surface area contributed by atoms with Crippen LogP contribution >= 0.6 is 0 Å². The molecule has 3 saturated heterocycles. The van der Waals surface area contributed by atoms with Gasteiger partial charge in [0.2, 0.25) is 6.79 Å². The molecule has 3 fully saturated rings. The van der Waals surface area contributed by atoms with E-state index < -0.39 is 0 Å². The summed E-state index contributed by atoms with van der Waals surface area (Å²) in [5.41, 5.74) is 13.1. The normalized spacial score (nSPS) is 14.9. The fourth-order valence-electron chi connectivity index (χ4n) is 17.8. The van der Waals surface area contributed by atoms with Crippen LogP contribution in [-0.4, -0.2) is 246 Å². The summed E-state index contributed by atoms with van der Waals surface area (Å²) in [7, 11) is 1.71. The lowest BCUT2D eigenvalue weighted by atomic mass is 10.1. The van der Waals surface area contributed by atoms with Gasteiger partial charge in [-0.25, -0.2) is 4.39 Å². The van der Waals surface area contributed by atoms with E-state index in [1.54, 1.807) is 19.2 Å². The quantitative estimate of drug-likeness (QED) is 0.0411. The number of para-hydroxylation sites is 3. The second-order valence-electron chi connectivity index (χ2n) is 31.7. The number of piperazine rings is 3. The average molecular weight is 1580 g/mol. The molecule has 9 aromatic carbocycles. The second kappa shape index (κ2) is 40.4. The molecule has 16 rings (SSSR count). The predicted molar refractivity (Wildman–Crippen MR) is 476 cm³/mol. The van der Waals surface area contributed by atoms with Gasteiger partial charge in [0.25, 0.3) is 17.7 Å². The highest BCUT2D eigenvalue weighted by Gasteiger charge is 2.28. The summed E-state index contributed by atoms with van der Waals surface area (Å²) in [6, 6.07) is 65.9. The minimum absolute atomic E-state index is 0.108. The number of rotatable bonds is 31. The molecule has 0 unspecified atom stereocenters. The molecule has 117 heavy (non-hydrogen) atoms. The number of methoxy groups -OCH3 is 1. The van der Waals surface area contributed by atoms with Crippen molar-refractivity contribution in [2.75, 3.05) is 171 Å². The van der Waals surface area contributed by atoms with Crippen LogP contribution in [0.25, 0.3) is 65.4 Å². The first-order valence-electron chi connectivity index (χ1n) is 43.3. The molecule has 4 aliphatic heterocycles. The van der Waals surface area contributed by atoms with Gasteiger partial charge in [0, 0.05) is 200 Å². The Morgan fingerprint density at radius 2 is 0.684 bits per heavy atom. The van der Waals surface area contributed by atoms with E-state index in [0.29, 0.717) is 19.9 Å². The third kappa shape index (κ3) is 20.2. The Hall–Kier alpha value is -10.1. The van der Waals surface area contributed by atoms with Gasteiger partial charge in [-0.15, -0.1) is 0 Å². The molecule has 7 heterocycles. The minimum Gasteiger partial charge on any atom is -0.497 e. The molecule has 0 saturated carbocycles. The summed E-state index contributed by atoms with van der Waals surface area (Å²) in [5.74, 6) is 2.78.